The lowest BCUT2D eigenvalue weighted by Crippen LogP contribution is -2.29. The number of hydrogen-bond acceptors (Lipinski definition) is 6. The molecule has 1 saturated heterocycles. The third-order valence-corrected chi connectivity index (χ3v) is 6.98. The highest BCUT2D eigenvalue weighted by molar-refractivity contribution is 5.92. The van der Waals surface area contributed by atoms with Crippen LogP contribution in [-0.2, 0) is 12.8 Å². The van der Waals surface area contributed by atoms with Crippen molar-refractivity contribution in [2.75, 3.05) is 32.6 Å². The Hall–Kier alpha value is -2.08. The average Bonchev–Trinajstić information content (AvgIpc) is 3.35. The molecule has 156 valence electrons. The molecule has 29 heavy (non-hydrogen) atoms. The summed E-state index contributed by atoms with van der Waals surface area (Å²) in [7, 11) is 3.29. The number of nitrogens with one attached hydrogen (secondary N) is 1. The van der Waals surface area contributed by atoms with Gasteiger partial charge in [0.05, 0.1) is 25.4 Å². The third kappa shape index (κ3) is 3.52. The van der Waals surface area contributed by atoms with Crippen LogP contribution in [0.4, 0.5) is 5.69 Å². The van der Waals surface area contributed by atoms with Gasteiger partial charge in [0, 0.05) is 30.4 Å². The monoisotopic (exact) mass is 396 g/mol. The van der Waals surface area contributed by atoms with Crippen molar-refractivity contribution < 1.29 is 9.47 Å². The number of methoxy groups -OCH3 is 2. The van der Waals surface area contributed by atoms with E-state index in [-0.39, 0.29) is 0 Å². The van der Waals surface area contributed by atoms with Crippen molar-refractivity contribution in [1.29, 1.82) is 0 Å². The quantitative estimate of drug-likeness (QED) is 0.829. The van der Waals surface area contributed by atoms with Crippen LogP contribution >= 0.6 is 0 Å². The summed E-state index contributed by atoms with van der Waals surface area (Å²) in [6.07, 6.45) is 8.34. The fourth-order valence-corrected chi connectivity index (χ4v) is 5.20. The van der Waals surface area contributed by atoms with Crippen LogP contribution < -0.4 is 14.8 Å². The molecule has 3 atom stereocenters. The Bertz CT molecular complexity index is 916. The second-order valence-electron chi connectivity index (χ2n) is 8.92. The molecular weight excluding hydrogens is 364 g/mol. The molecule has 0 bridgehead atoms. The zero-order valence-corrected chi connectivity index (χ0v) is 17.8. The number of nitrogens with zero attached hydrogens (tertiary/aromatic N) is 3. The Kier molecular flexibility index (Phi) is 4.98. The van der Waals surface area contributed by atoms with Crippen LogP contribution in [0.15, 0.2) is 6.07 Å². The van der Waals surface area contributed by atoms with E-state index in [4.69, 9.17) is 19.4 Å². The van der Waals surface area contributed by atoms with Gasteiger partial charge in [0.15, 0.2) is 5.75 Å². The van der Waals surface area contributed by atoms with Gasteiger partial charge in [-0.3, -0.25) is 4.98 Å². The third-order valence-electron chi connectivity index (χ3n) is 6.98. The fourth-order valence-electron chi connectivity index (χ4n) is 5.20. The summed E-state index contributed by atoms with van der Waals surface area (Å²) >= 11 is 0. The second kappa shape index (κ2) is 7.63. The van der Waals surface area contributed by atoms with E-state index in [1.54, 1.807) is 14.2 Å². The molecule has 3 aliphatic rings. The van der Waals surface area contributed by atoms with Crippen molar-refractivity contribution in [1.82, 2.24) is 14.9 Å². The number of likely N-dealkylation sites (tertiary alicyclic amines) is 1. The molecule has 2 aliphatic carbocycles. The summed E-state index contributed by atoms with van der Waals surface area (Å²) in [4.78, 5) is 12.4. The van der Waals surface area contributed by atoms with Gasteiger partial charge in [-0.05, 0) is 63.0 Å². The summed E-state index contributed by atoms with van der Waals surface area (Å²) < 4.78 is 11.0. The topological polar surface area (TPSA) is 59.5 Å². The van der Waals surface area contributed by atoms with Gasteiger partial charge >= 0.3 is 0 Å². The largest absolute Gasteiger partial charge is 0.491 e. The number of hydrogen-bond donors (Lipinski definition) is 1. The van der Waals surface area contributed by atoms with E-state index in [0.717, 1.165) is 35.8 Å². The minimum atomic E-state index is 0.485. The Morgan fingerprint density at radius 2 is 1.93 bits per heavy atom. The zero-order chi connectivity index (χ0) is 20.0. The maximum atomic E-state index is 5.49. The summed E-state index contributed by atoms with van der Waals surface area (Å²) in [5, 5.41) is 3.92. The molecule has 1 aliphatic heterocycles. The van der Waals surface area contributed by atoms with Crippen LogP contribution in [0, 0.1) is 5.92 Å². The first kappa shape index (κ1) is 18.9. The maximum absolute atomic E-state index is 5.49. The van der Waals surface area contributed by atoms with E-state index in [0.29, 0.717) is 17.7 Å². The molecule has 0 aromatic carbocycles. The van der Waals surface area contributed by atoms with Crippen molar-refractivity contribution in [3.8, 4) is 11.6 Å². The second-order valence-corrected chi connectivity index (χ2v) is 8.92. The summed E-state index contributed by atoms with van der Waals surface area (Å²) in [6, 6.07) is 3.28. The van der Waals surface area contributed by atoms with Gasteiger partial charge < -0.3 is 19.7 Å². The number of fused-ring (bicyclic) bond motifs is 2. The number of aromatic nitrogens is 2. The van der Waals surface area contributed by atoms with Crippen LogP contribution in [0.25, 0.3) is 11.0 Å². The van der Waals surface area contributed by atoms with Gasteiger partial charge in [0.25, 0.3) is 5.88 Å². The Morgan fingerprint density at radius 3 is 2.69 bits per heavy atom. The van der Waals surface area contributed by atoms with Gasteiger partial charge in [0.1, 0.15) is 5.52 Å². The van der Waals surface area contributed by atoms with Crippen LogP contribution in [0.2, 0.25) is 0 Å². The van der Waals surface area contributed by atoms with Crippen molar-refractivity contribution in [3.63, 3.8) is 0 Å². The van der Waals surface area contributed by atoms with Crippen LogP contribution in [0.1, 0.15) is 50.3 Å². The molecule has 0 amide bonds. The first-order valence-electron chi connectivity index (χ1n) is 11.1. The minimum absolute atomic E-state index is 0.485. The number of rotatable bonds is 5. The predicted molar refractivity (Wildman–Crippen MR) is 115 cm³/mol. The van der Waals surface area contributed by atoms with E-state index < -0.39 is 0 Å². The average molecular weight is 397 g/mol. The van der Waals surface area contributed by atoms with E-state index in [1.807, 2.05) is 6.07 Å². The molecule has 6 heteroatoms. The number of ether oxygens (including phenoxy) is 2. The summed E-state index contributed by atoms with van der Waals surface area (Å²) in [5.41, 5.74) is 5.57. The molecule has 2 aromatic heterocycles. The summed E-state index contributed by atoms with van der Waals surface area (Å²) in [5.74, 6) is 2.05. The smallest absolute Gasteiger partial charge is 0.257 e. The Balaban J connectivity index is 1.47. The highest BCUT2D eigenvalue weighted by atomic mass is 16.5. The van der Waals surface area contributed by atoms with E-state index >= 15 is 0 Å². The van der Waals surface area contributed by atoms with Crippen molar-refractivity contribution in [2.45, 2.75) is 64.0 Å². The normalized spacial score (nSPS) is 26.8. The Morgan fingerprint density at radius 1 is 1.07 bits per heavy atom. The Labute approximate surface area is 173 Å². The number of pyridine rings is 2. The number of aryl methyl sites for hydroxylation is 1. The predicted octanol–water partition coefficient (Wildman–Crippen LogP) is 3.81. The molecule has 1 saturated carbocycles. The first-order chi connectivity index (χ1) is 14.2. The summed E-state index contributed by atoms with van der Waals surface area (Å²) in [6.45, 7) is 4.82. The lowest BCUT2D eigenvalue weighted by atomic mass is 10.1. The molecule has 3 heterocycles. The molecule has 2 fully saturated rings. The molecule has 6 nitrogen and oxygen atoms in total. The fraction of sp³-hybridized carbons (Fsp3) is 0.652. The van der Waals surface area contributed by atoms with Crippen LogP contribution in [0.5, 0.6) is 11.6 Å². The maximum Gasteiger partial charge on any atom is 0.257 e. The van der Waals surface area contributed by atoms with Gasteiger partial charge in [-0.1, -0.05) is 6.92 Å². The van der Waals surface area contributed by atoms with Crippen LogP contribution in [-0.4, -0.2) is 54.3 Å². The molecule has 5 rings (SSSR count). The number of anilines is 1. The zero-order valence-electron chi connectivity index (χ0n) is 17.8. The van der Waals surface area contributed by atoms with Gasteiger partial charge in [-0.2, -0.15) is 0 Å². The van der Waals surface area contributed by atoms with Gasteiger partial charge in [-0.15, -0.1) is 0 Å². The van der Waals surface area contributed by atoms with E-state index in [2.05, 4.69) is 17.1 Å². The van der Waals surface area contributed by atoms with Crippen molar-refractivity contribution in [2.24, 2.45) is 5.92 Å². The molecule has 0 spiro atoms. The molecule has 1 N–H and O–H groups in total. The highest BCUT2D eigenvalue weighted by Crippen LogP contribution is 2.39. The first-order valence-corrected chi connectivity index (χ1v) is 11.1. The van der Waals surface area contributed by atoms with Gasteiger partial charge in [-0.25, -0.2) is 4.98 Å². The van der Waals surface area contributed by atoms with Crippen molar-refractivity contribution in [3.05, 3.63) is 17.3 Å². The van der Waals surface area contributed by atoms with Gasteiger partial charge in [0.2, 0.25) is 0 Å². The highest BCUT2D eigenvalue weighted by Gasteiger charge is 2.38. The van der Waals surface area contributed by atoms with E-state index in [1.165, 1.54) is 62.1 Å². The minimum Gasteiger partial charge on any atom is -0.491 e. The molecule has 2 unspecified atom stereocenters. The molecular formula is C23H32N4O2. The SMILES string of the molecule is COc1cc2nc3c(c(N[C@@H]4CCCN(C5CC5C)CC4)c2nc1OC)CCC3. The molecule has 2 aromatic rings. The van der Waals surface area contributed by atoms with Crippen LogP contribution in [0.3, 0.4) is 0 Å². The lowest BCUT2D eigenvalue weighted by molar-refractivity contribution is 0.264. The standard InChI is InChI=1S/C23H32N4O2/c1-14-12-19(14)27-10-5-6-15(9-11-27)24-21-16-7-4-8-17(16)25-18-13-20(28-2)23(29-3)26-22(18)21/h13-15,19H,4-12H2,1-3H3,(H,24,25)/t14?,15-,19?/m1/s1. The van der Waals surface area contributed by atoms with E-state index in [9.17, 15) is 0 Å². The molecule has 0 radical (unpaired) electrons. The lowest BCUT2D eigenvalue weighted by Gasteiger charge is -2.23. The van der Waals surface area contributed by atoms with Crippen molar-refractivity contribution >= 4 is 16.7 Å².